The van der Waals surface area contributed by atoms with Crippen molar-refractivity contribution in [3.8, 4) is 11.5 Å². The number of hydrogen-bond acceptors (Lipinski definition) is 5. The first-order chi connectivity index (χ1) is 14.5. The molecule has 30 heavy (non-hydrogen) atoms. The second-order valence-electron chi connectivity index (χ2n) is 6.63. The summed E-state index contributed by atoms with van der Waals surface area (Å²) in [6.45, 7) is 7.09. The molecule has 1 N–H and O–H groups in total. The maximum atomic E-state index is 11.9. The Labute approximate surface area is 177 Å². The number of carbonyl (C=O) groups is 2. The van der Waals surface area contributed by atoms with Gasteiger partial charge in [-0.25, -0.2) is 4.79 Å². The Morgan fingerprint density at radius 3 is 2.57 bits per heavy atom. The summed E-state index contributed by atoms with van der Waals surface area (Å²) in [5, 5.41) is 2.74. The average molecular weight is 411 g/mol. The summed E-state index contributed by atoms with van der Waals surface area (Å²) in [6.07, 6.45) is 3.80. The molecule has 2 rings (SSSR count). The van der Waals surface area contributed by atoms with Crippen molar-refractivity contribution in [2.75, 3.05) is 19.8 Å². The maximum Gasteiger partial charge on any atom is 0.331 e. The van der Waals surface area contributed by atoms with E-state index in [2.05, 4.69) is 5.32 Å². The molecule has 0 unspecified atom stereocenters. The number of ether oxygens (including phenoxy) is 3. The van der Waals surface area contributed by atoms with Gasteiger partial charge in [0.25, 0.3) is 5.91 Å². The van der Waals surface area contributed by atoms with Crippen LogP contribution in [0.3, 0.4) is 0 Å². The lowest BCUT2D eigenvalue weighted by atomic mass is 10.1. The minimum absolute atomic E-state index is 0.330. The molecule has 0 fully saturated rings. The number of benzene rings is 2. The highest BCUT2D eigenvalue weighted by Crippen LogP contribution is 2.29. The molecule has 6 heteroatoms. The zero-order chi connectivity index (χ0) is 21.8. The summed E-state index contributed by atoms with van der Waals surface area (Å²) in [4.78, 5) is 23.8. The van der Waals surface area contributed by atoms with Gasteiger partial charge >= 0.3 is 5.97 Å². The van der Waals surface area contributed by atoms with Crippen molar-refractivity contribution in [2.45, 2.75) is 33.7 Å². The Morgan fingerprint density at radius 2 is 1.83 bits per heavy atom. The number of nitrogens with one attached hydrogen (secondary N) is 1. The highest BCUT2D eigenvalue weighted by molar-refractivity contribution is 5.89. The fourth-order valence-corrected chi connectivity index (χ4v) is 2.63. The Morgan fingerprint density at radius 1 is 1.03 bits per heavy atom. The predicted octanol–water partition coefficient (Wildman–Crippen LogP) is 4.06. The van der Waals surface area contributed by atoms with Crippen LogP contribution in [0.25, 0.3) is 6.08 Å². The van der Waals surface area contributed by atoms with Gasteiger partial charge in [0.1, 0.15) is 0 Å². The number of rotatable bonds is 11. The van der Waals surface area contributed by atoms with Gasteiger partial charge in [-0.2, -0.15) is 0 Å². The van der Waals surface area contributed by atoms with Crippen molar-refractivity contribution in [2.24, 2.45) is 0 Å². The van der Waals surface area contributed by atoms with Crippen LogP contribution in [0.15, 0.2) is 48.5 Å². The van der Waals surface area contributed by atoms with Gasteiger partial charge in [-0.05, 0) is 55.2 Å². The molecule has 0 atom stereocenters. The lowest BCUT2D eigenvalue weighted by Crippen LogP contribution is -2.28. The van der Waals surface area contributed by atoms with Gasteiger partial charge in [0.05, 0.1) is 13.2 Å². The van der Waals surface area contributed by atoms with Crippen molar-refractivity contribution in [1.29, 1.82) is 0 Å². The van der Waals surface area contributed by atoms with Crippen molar-refractivity contribution < 1.29 is 23.8 Å². The quantitative estimate of drug-likeness (QED) is 0.446. The number of aryl methyl sites for hydroxylation is 1. The summed E-state index contributed by atoms with van der Waals surface area (Å²) in [5.41, 5.74) is 2.88. The topological polar surface area (TPSA) is 73.9 Å². The molecular formula is C24H29NO5. The molecule has 160 valence electrons. The normalized spacial score (nSPS) is 10.6. The van der Waals surface area contributed by atoms with E-state index in [1.807, 2.05) is 57.2 Å². The molecule has 0 spiro atoms. The molecule has 0 radical (unpaired) electrons. The monoisotopic (exact) mass is 411 g/mol. The minimum Gasteiger partial charge on any atom is -0.490 e. The van der Waals surface area contributed by atoms with Crippen LogP contribution in [-0.4, -0.2) is 31.7 Å². The fraction of sp³-hybridized carbons (Fsp3) is 0.333. The molecule has 0 aliphatic heterocycles. The Hall–Kier alpha value is -3.28. The van der Waals surface area contributed by atoms with Gasteiger partial charge in [-0.3, -0.25) is 4.79 Å². The summed E-state index contributed by atoms with van der Waals surface area (Å²) in [7, 11) is 0. The second-order valence-corrected chi connectivity index (χ2v) is 6.63. The Bertz CT molecular complexity index is 876. The molecule has 2 aromatic rings. The smallest absolute Gasteiger partial charge is 0.331 e. The van der Waals surface area contributed by atoms with Crippen LogP contribution in [0.2, 0.25) is 0 Å². The lowest BCUT2D eigenvalue weighted by molar-refractivity contribution is -0.143. The van der Waals surface area contributed by atoms with Crippen LogP contribution in [0.1, 0.15) is 37.0 Å². The molecule has 0 heterocycles. The van der Waals surface area contributed by atoms with E-state index in [4.69, 9.17) is 14.2 Å². The van der Waals surface area contributed by atoms with Crippen LogP contribution < -0.4 is 14.8 Å². The van der Waals surface area contributed by atoms with Gasteiger partial charge in [0.2, 0.25) is 0 Å². The van der Waals surface area contributed by atoms with Crippen LogP contribution >= 0.6 is 0 Å². The van der Waals surface area contributed by atoms with Crippen molar-refractivity contribution in [1.82, 2.24) is 5.32 Å². The minimum atomic E-state index is -0.592. The summed E-state index contributed by atoms with van der Waals surface area (Å²) in [6, 6.07) is 13.2. The molecule has 0 aromatic heterocycles. The zero-order valence-corrected chi connectivity index (χ0v) is 17.8. The van der Waals surface area contributed by atoms with Crippen LogP contribution in [0, 0.1) is 6.92 Å². The Kier molecular flexibility index (Phi) is 9.45. The summed E-state index contributed by atoms with van der Waals surface area (Å²) < 4.78 is 16.3. The van der Waals surface area contributed by atoms with E-state index >= 15 is 0 Å². The van der Waals surface area contributed by atoms with Gasteiger partial charge < -0.3 is 19.5 Å². The van der Waals surface area contributed by atoms with E-state index in [0.29, 0.717) is 31.3 Å². The Balaban J connectivity index is 1.84. The molecule has 1 amide bonds. The highest BCUT2D eigenvalue weighted by atomic mass is 16.5. The molecule has 6 nitrogen and oxygen atoms in total. The third-order valence-electron chi connectivity index (χ3n) is 4.22. The first-order valence-electron chi connectivity index (χ1n) is 10.1. The van der Waals surface area contributed by atoms with Crippen molar-refractivity contribution >= 4 is 18.0 Å². The van der Waals surface area contributed by atoms with Gasteiger partial charge in [-0.1, -0.05) is 37.3 Å². The van der Waals surface area contributed by atoms with E-state index < -0.39 is 5.97 Å². The molecular weight excluding hydrogens is 382 g/mol. The third-order valence-corrected chi connectivity index (χ3v) is 4.22. The number of amides is 1. The van der Waals surface area contributed by atoms with Gasteiger partial charge in [0.15, 0.2) is 18.1 Å². The predicted molar refractivity (Wildman–Crippen MR) is 116 cm³/mol. The van der Waals surface area contributed by atoms with E-state index in [9.17, 15) is 9.59 Å². The van der Waals surface area contributed by atoms with Crippen molar-refractivity contribution in [3.05, 3.63) is 65.2 Å². The number of hydrogen-bond donors (Lipinski definition) is 1. The molecule has 0 aliphatic rings. The average Bonchev–Trinajstić information content (AvgIpc) is 2.75. The van der Waals surface area contributed by atoms with Gasteiger partial charge in [-0.15, -0.1) is 0 Å². The third kappa shape index (κ3) is 7.62. The zero-order valence-electron chi connectivity index (χ0n) is 17.8. The molecule has 0 saturated heterocycles. The van der Waals surface area contributed by atoms with Crippen LogP contribution in [-0.2, 0) is 20.9 Å². The van der Waals surface area contributed by atoms with E-state index in [1.54, 1.807) is 12.1 Å². The van der Waals surface area contributed by atoms with E-state index in [0.717, 1.165) is 23.1 Å². The highest BCUT2D eigenvalue weighted by Gasteiger charge is 2.08. The van der Waals surface area contributed by atoms with Crippen LogP contribution in [0.5, 0.6) is 11.5 Å². The molecule has 2 aromatic carbocycles. The second kappa shape index (κ2) is 12.3. The van der Waals surface area contributed by atoms with E-state index in [-0.39, 0.29) is 12.5 Å². The summed E-state index contributed by atoms with van der Waals surface area (Å²) >= 11 is 0. The summed E-state index contributed by atoms with van der Waals surface area (Å²) in [5.74, 6) is 0.349. The number of carbonyl (C=O) groups excluding carboxylic acids is 2. The molecule has 0 saturated carbocycles. The molecule has 0 bridgehead atoms. The maximum absolute atomic E-state index is 11.9. The first-order valence-corrected chi connectivity index (χ1v) is 10.1. The van der Waals surface area contributed by atoms with Crippen LogP contribution in [0.4, 0.5) is 0 Å². The largest absolute Gasteiger partial charge is 0.490 e. The molecule has 0 aliphatic carbocycles. The van der Waals surface area contributed by atoms with Crippen molar-refractivity contribution in [3.63, 3.8) is 0 Å². The fourth-order valence-electron chi connectivity index (χ4n) is 2.63. The SMILES string of the molecule is CCCOc1ccc(/C=C/C(=O)OCC(=O)NCc2ccccc2C)cc1OCC. The van der Waals surface area contributed by atoms with E-state index in [1.165, 1.54) is 6.08 Å². The standard InChI is InChI=1S/C24H29NO5/c1-4-14-29-21-12-10-19(15-22(21)28-5-2)11-13-24(27)30-17-23(26)25-16-20-9-7-6-8-18(20)3/h6-13,15H,4-5,14,16-17H2,1-3H3,(H,25,26)/b13-11+. The lowest BCUT2D eigenvalue weighted by Gasteiger charge is -2.12. The van der Waals surface area contributed by atoms with Gasteiger partial charge in [0, 0.05) is 12.6 Å². The number of esters is 1. The first kappa shape index (κ1) is 23.0.